The average molecular weight is 629 g/mol. The van der Waals surface area contributed by atoms with Crippen molar-refractivity contribution in [1.29, 1.82) is 0 Å². The van der Waals surface area contributed by atoms with E-state index in [4.69, 9.17) is 79.1 Å². The van der Waals surface area contributed by atoms with Crippen LogP contribution in [0.3, 0.4) is 0 Å². The Morgan fingerprint density at radius 3 is 2.27 bits per heavy atom. The van der Waals surface area contributed by atoms with Gasteiger partial charge in [0.05, 0.1) is 4.91 Å². The summed E-state index contributed by atoms with van der Waals surface area (Å²) in [6.45, 7) is -0.424. The predicted octanol–water partition coefficient (Wildman–Crippen LogP) is 4.41. The fourth-order valence-electron chi connectivity index (χ4n) is 2.57. The normalized spacial score (nSPS) is 21.5. The van der Waals surface area contributed by atoms with Crippen LogP contribution in [0.2, 0.25) is 0 Å². The number of hydrogen-bond acceptors (Lipinski definition) is 11. The molecule has 0 saturated carbocycles. The second-order valence-corrected chi connectivity index (χ2v) is 13.7. The van der Waals surface area contributed by atoms with Gasteiger partial charge in [-0.1, -0.05) is 91.2 Å². The number of fused-ring (bicyclic) bond motifs is 1. The van der Waals surface area contributed by atoms with Crippen LogP contribution in [-0.4, -0.2) is 66.9 Å². The van der Waals surface area contributed by atoms with E-state index in [9.17, 15) is 24.5 Å². The Bertz CT molecular complexity index is 850. The quantitative estimate of drug-likeness (QED) is 0.0944. The third kappa shape index (κ3) is 8.34. The molecule has 2 aliphatic rings. The molecule has 0 aromatic heterocycles. The van der Waals surface area contributed by atoms with Crippen molar-refractivity contribution in [2.24, 2.45) is 5.92 Å². The zero-order chi connectivity index (χ0) is 25.1. The first kappa shape index (κ1) is 28.8. The highest BCUT2D eigenvalue weighted by Crippen LogP contribution is 2.53. The number of alkyl halides is 6. The number of hydrogen-bond donors (Lipinski definition) is 0. The number of esters is 1. The monoisotopic (exact) mass is 626 g/mol. The van der Waals surface area contributed by atoms with E-state index in [2.05, 4.69) is 9.57 Å². The lowest BCUT2D eigenvalue weighted by Crippen LogP contribution is -2.64. The number of ether oxygens (including phenoxy) is 3. The molecule has 1 fully saturated rings. The van der Waals surface area contributed by atoms with Crippen molar-refractivity contribution < 1.29 is 38.5 Å². The predicted molar refractivity (Wildman–Crippen MR) is 123 cm³/mol. The number of carbonyl (C=O) groups excluding carboxylic acids is 3. The zero-order valence-electron chi connectivity index (χ0n) is 16.0. The van der Waals surface area contributed by atoms with Crippen molar-refractivity contribution in [3.05, 3.63) is 20.7 Å². The smallest absolute Gasteiger partial charge is 0.456 e. The Balaban J connectivity index is 2.15. The molecule has 1 amide bonds. The Hall–Kier alpha value is -0.410. The maximum atomic E-state index is 12.8. The summed E-state index contributed by atoms with van der Waals surface area (Å²) >= 11 is 33.2. The van der Waals surface area contributed by atoms with Crippen LogP contribution < -0.4 is 0 Å². The molecule has 0 N–H and O–H groups in total. The zero-order valence-corrected chi connectivity index (χ0v) is 22.2. The lowest BCUT2D eigenvalue weighted by atomic mass is 9.91. The van der Waals surface area contributed by atoms with Gasteiger partial charge in [-0.15, -0.1) is 10.1 Å². The Kier molecular flexibility index (Phi) is 10.1. The van der Waals surface area contributed by atoms with Crippen molar-refractivity contribution in [2.75, 3.05) is 19.8 Å². The van der Waals surface area contributed by atoms with Gasteiger partial charge >= 0.3 is 12.1 Å². The van der Waals surface area contributed by atoms with E-state index in [0.717, 1.165) is 26.5 Å². The minimum atomic E-state index is -1.93. The van der Waals surface area contributed by atoms with Crippen LogP contribution in [0.15, 0.2) is 10.6 Å². The standard InChI is InChI=1S/C14H12Cl6N2O9S2/c1-5(31-12(25)29-4-14(18,19)20)7-9(23)21-8(11(24)28-3-13(15,16)17)6(2-30-22(26)27)32-33-10(7)21/h5,7,10H,2-4H2,1H3/t5-,7+,10-/m1/s1. The molecule has 0 aromatic carbocycles. The molecule has 1 saturated heterocycles. The van der Waals surface area contributed by atoms with E-state index in [1.807, 2.05) is 0 Å². The summed E-state index contributed by atoms with van der Waals surface area (Å²) in [5, 5.41) is 8.81. The van der Waals surface area contributed by atoms with Crippen LogP contribution in [-0.2, 0) is 28.6 Å². The topological polar surface area (TPSA) is 135 Å². The van der Waals surface area contributed by atoms with Gasteiger partial charge in [-0.25, -0.2) is 9.59 Å². The number of rotatable bonds is 8. The molecule has 3 atom stereocenters. The molecule has 0 bridgehead atoms. The molecule has 19 heteroatoms. The molecule has 0 unspecified atom stereocenters. The Morgan fingerprint density at radius 1 is 1.15 bits per heavy atom. The molecular formula is C14H12Cl6N2O9S2. The van der Waals surface area contributed by atoms with Gasteiger partial charge in [-0.05, 0) is 6.92 Å². The minimum absolute atomic E-state index is 0.0322. The van der Waals surface area contributed by atoms with Crippen molar-refractivity contribution in [3.8, 4) is 0 Å². The van der Waals surface area contributed by atoms with Crippen LogP contribution in [0.25, 0.3) is 0 Å². The summed E-state index contributed by atoms with van der Waals surface area (Å²) in [4.78, 5) is 53.2. The average Bonchev–Trinajstić information content (AvgIpc) is 2.67. The fourth-order valence-corrected chi connectivity index (χ4v) is 5.87. The SMILES string of the molecule is C[C@@H](OC(=O)OCC(Cl)(Cl)Cl)[C@H]1C(=O)N2C(C(=O)OCC(Cl)(Cl)Cl)=C(CO[N+](=O)[O-])SS[C@H]12. The molecule has 33 heavy (non-hydrogen) atoms. The molecule has 2 heterocycles. The highest BCUT2D eigenvalue weighted by atomic mass is 35.6. The van der Waals surface area contributed by atoms with Crippen molar-refractivity contribution in [2.45, 2.75) is 26.0 Å². The van der Waals surface area contributed by atoms with E-state index < -0.39 is 67.9 Å². The molecule has 2 aliphatic heterocycles. The molecule has 0 spiro atoms. The summed E-state index contributed by atoms with van der Waals surface area (Å²) in [7, 11) is 2.03. The first-order valence-electron chi connectivity index (χ1n) is 8.41. The fraction of sp³-hybridized carbons (Fsp3) is 0.643. The summed E-state index contributed by atoms with van der Waals surface area (Å²) < 4.78 is 10.9. The van der Waals surface area contributed by atoms with E-state index in [0.29, 0.717) is 0 Å². The largest absolute Gasteiger partial charge is 0.508 e. The molecule has 0 radical (unpaired) electrons. The van der Waals surface area contributed by atoms with Gasteiger partial charge in [0.1, 0.15) is 42.9 Å². The van der Waals surface area contributed by atoms with Crippen LogP contribution in [0.5, 0.6) is 0 Å². The van der Waals surface area contributed by atoms with Gasteiger partial charge in [0.15, 0.2) is 0 Å². The van der Waals surface area contributed by atoms with Crippen LogP contribution in [0.1, 0.15) is 6.92 Å². The Morgan fingerprint density at radius 2 is 1.73 bits per heavy atom. The van der Waals surface area contributed by atoms with E-state index >= 15 is 0 Å². The number of amides is 1. The van der Waals surface area contributed by atoms with Gasteiger partial charge < -0.3 is 19.0 Å². The third-order valence-corrected chi connectivity index (χ3v) is 7.29. The summed E-state index contributed by atoms with van der Waals surface area (Å²) in [6, 6.07) is 0. The highest BCUT2D eigenvalue weighted by Gasteiger charge is 2.57. The van der Waals surface area contributed by atoms with Crippen molar-refractivity contribution in [1.82, 2.24) is 4.90 Å². The molecule has 0 aliphatic carbocycles. The Labute approximate surface area is 224 Å². The molecular weight excluding hydrogens is 617 g/mol. The highest BCUT2D eigenvalue weighted by molar-refractivity contribution is 8.78. The van der Waals surface area contributed by atoms with Gasteiger partial charge in [0.25, 0.3) is 5.09 Å². The first-order valence-corrected chi connectivity index (χ1v) is 12.9. The third-order valence-electron chi connectivity index (χ3n) is 3.84. The van der Waals surface area contributed by atoms with Crippen LogP contribution in [0, 0.1) is 16.0 Å². The molecule has 0 aromatic rings. The molecule has 186 valence electrons. The number of β-lactam (4-membered cyclic amide) rings is 1. The van der Waals surface area contributed by atoms with Crippen molar-refractivity contribution >= 4 is 109 Å². The number of halogens is 6. The summed E-state index contributed by atoms with van der Waals surface area (Å²) in [5.74, 6) is -2.59. The summed E-state index contributed by atoms with van der Waals surface area (Å²) in [5.41, 5.74) is -0.313. The van der Waals surface area contributed by atoms with E-state index in [1.165, 1.54) is 6.92 Å². The first-order chi connectivity index (χ1) is 15.1. The van der Waals surface area contributed by atoms with Gasteiger partial charge in [0.2, 0.25) is 13.5 Å². The maximum absolute atomic E-state index is 12.8. The van der Waals surface area contributed by atoms with Gasteiger partial charge in [-0.2, -0.15) is 0 Å². The van der Waals surface area contributed by atoms with Gasteiger partial charge in [0, 0.05) is 0 Å². The van der Waals surface area contributed by atoms with E-state index in [1.54, 1.807) is 0 Å². The second kappa shape index (κ2) is 11.5. The van der Waals surface area contributed by atoms with Crippen LogP contribution in [0.4, 0.5) is 4.79 Å². The van der Waals surface area contributed by atoms with Crippen LogP contribution >= 0.6 is 91.2 Å². The number of carbonyl (C=O) groups is 3. The lowest BCUT2D eigenvalue weighted by molar-refractivity contribution is -0.755. The number of nitrogens with zero attached hydrogens (tertiary/aromatic N) is 2. The molecule has 2 rings (SSSR count). The van der Waals surface area contributed by atoms with Crippen molar-refractivity contribution in [3.63, 3.8) is 0 Å². The molecule has 11 nitrogen and oxygen atoms in total. The minimum Gasteiger partial charge on any atom is -0.456 e. The lowest BCUT2D eigenvalue weighted by Gasteiger charge is -2.50. The van der Waals surface area contributed by atoms with Gasteiger partial charge in [-0.3, -0.25) is 9.69 Å². The second-order valence-electron chi connectivity index (χ2n) is 6.24. The van der Waals surface area contributed by atoms with E-state index in [-0.39, 0.29) is 10.6 Å². The summed E-state index contributed by atoms with van der Waals surface area (Å²) in [6.07, 6.45) is -2.17. The maximum Gasteiger partial charge on any atom is 0.508 e.